The van der Waals surface area contributed by atoms with E-state index < -0.39 is 0 Å². The summed E-state index contributed by atoms with van der Waals surface area (Å²) in [5.74, 6) is 0.211. The van der Waals surface area contributed by atoms with Crippen LogP contribution in [-0.4, -0.2) is 28.2 Å². The van der Waals surface area contributed by atoms with E-state index in [0.717, 1.165) is 5.56 Å². The van der Waals surface area contributed by atoms with Crippen molar-refractivity contribution in [2.24, 2.45) is 0 Å². The monoisotopic (exact) mass is 209 g/mol. The first kappa shape index (κ1) is 11.9. The molecule has 2 N–H and O–H groups in total. The van der Waals surface area contributed by atoms with E-state index in [1.807, 2.05) is 14.0 Å². The summed E-state index contributed by atoms with van der Waals surface area (Å²) in [6.07, 6.45) is 0. The van der Waals surface area contributed by atoms with Gasteiger partial charge in [0.2, 0.25) is 0 Å². The highest BCUT2D eigenvalue weighted by Crippen LogP contribution is 2.28. The zero-order valence-corrected chi connectivity index (χ0v) is 9.73. The highest BCUT2D eigenvalue weighted by Gasteiger charge is 2.15. The molecular formula is C12H19NO2. The van der Waals surface area contributed by atoms with Gasteiger partial charge in [-0.1, -0.05) is 0 Å². The van der Waals surface area contributed by atoms with Crippen molar-refractivity contribution >= 4 is 0 Å². The zero-order valence-electron chi connectivity index (χ0n) is 9.73. The molecule has 0 fully saturated rings. The lowest BCUT2D eigenvalue weighted by Crippen LogP contribution is -2.29. The number of aromatic hydroxyl groups is 2. The summed E-state index contributed by atoms with van der Waals surface area (Å²) in [5.41, 5.74) is 0.920. The second-order valence-electron chi connectivity index (χ2n) is 4.22. The van der Waals surface area contributed by atoms with Crippen LogP contribution in [0.4, 0.5) is 0 Å². The molecular weight excluding hydrogens is 190 g/mol. The third-order valence-corrected chi connectivity index (χ3v) is 2.83. The van der Waals surface area contributed by atoms with Gasteiger partial charge in [0.15, 0.2) is 0 Å². The van der Waals surface area contributed by atoms with Crippen LogP contribution in [-0.2, 0) is 0 Å². The van der Waals surface area contributed by atoms with Gasteiger partial charge in [0, 0.05) is 18.2 Å². The van der Waals surface area contributed by atoms with Crippen LogP contribution in [0, 0.1) is 0 Å². The average Bonchev–Trinajstić information content (AvgIpc) is 2.13. The molecule has 0 saturated carbocycles. The summed E-state index contributed by atoms with van der Waals surface area (Å²) in [6, 6.07) is 5.30. The Kier molecular flexibility index (Phi) is 3.58. The third kappa shape index (κ3) is 2.86. The lowest BCUT2D eigenvalue weighted by Gasteiger charge is -2.28. The topological polar surface area (TPSA) is 43.7 Å². The van der Waals surface area contributed by atoms with Gasteiger partial charge < -0.3 is 10.2 Å². The second kappa shape index (κ2) is 4.53. The molecule has 15 heavy (non-hydrogen) atoms. The van der Waals surface area contributed by atoms with E-state index in [1.165, 1.54) is 6.07 Å². The second-order valence-corrected chi connectivity index (χ2v) is 4.22. The van der Waals surface area contributed by atoms with E-state index >= 15 is 0 Å². The molecule has 0 aromatic heterocycles. The van der Waals surface area contributed by atoms with Crippen LogP contribution in [0.25, 0.3) is 0 Å². The van der Waals surface area contributed by atoms with Crippen molar-refractivity contribution < 1.29 is 10.2 Å². The summed E-state index contributed by atoms with van der Waals surface area (Å²) in [7, 11) is 2.02. The maximum Gasteiger partial charge on any atom is 0.119 e. The van der Waals surface area contributed by atoms with Gasteiger partial charge in [-0.3, -0.25) is 4.90 Å². The van der Waals surface area contributed by atoms with Gasteiger partial charge in [-0.05, 0) is 45.5 Å². The van der Waals surface area contributed by atoms with E-state index in [9.17, 15) is 10.2 Å². The van der Waals surface area contributed by atoms with Crippen molar-refractivity contribution in [3.8, 4) is 11.5 Å². The normalized spacial score (nSPS) is 13.5. The van der Waals surface area contributed by atoms with Crippen LogP contribution in [0.2, 0.25) is 0 Å². The Labute approximate surface area is 91.0 Å². The fourth-order valence-corrected chi connectivity index (χ4v) is 1.54. The van der Waals surface area contributed by atoms with E-state index in [4.69, 9.17) is 0 Å². The molecule has 0 heterocycles. The largest absolute Gasteiger partial charge is 0.508 e. The van der Waals surface area contributed by atoms with E-state index in [0.29, 0.717) is 6.04 Å². The van der Waals surface area contributed by atoms with Crippen LogP contribution < -0.4 is 0 Å². The Hall–Kier alpha value is -1.22. The summed E-state index contributed by atoms with van der Waals surface area (Å²) in [4.78, 5) is 2.17. The van der Waals surface area contributed by atoms with Gasteiger partial charge >= 0.3 is 0 Å². The molecule has 0 aliphatic carbocycles. The van der Waals surface area contributed by atoms with Crippen LogP contribution in [0.1, 0.15) is 32.4 Å². The highest BCUT2D eigenvalue weighted by molar-refractivity contribution is 5.37. The quantitative estimate of drug-likeness (QED) is 0.803. The molecule has 0 aliphatic rings. The van der Waals surface area contributed by atoms with Crippen LogP contribution >= 0.6 is 0 Å². The number of phenols is 2. The Balaban J connectivity index is 2.95. The van der Waals surface area contributed by atoms with Gasteiger partial charge in [0.05, 0.1) is 0 Å². The first-order valence-corrected chi connectivity index (χ1v) is 5.16. The molecule has 84 valence electrons. The van der Waals surface area contributed by atoms with Crippen molar-refractivity contribution in [2.45, 2.75) is 32.9 Å². The van der Waals surface area contributed by atoms with Crippen molar-refractivity contribution in [1.29, 1.82) is 0 Å². The number of phenolic OH excluding ortho intramolecular Hbond substituents is 2. The van der Waals surface area contributed by atoms with Crippen molar-refractivity contribution in [3.63, 3.8) is 0 Å². The summed E-state index contributed by atoms with van der Waals surface area (Å²) in [5, 5.41) is 18.8. The molecule has 1 unspecified atom stereocenters. The Morgan fingerprint density at radius 1 is 1.00 bits per heavy atom. The number of nitrogens with zero attached hydrogens (tertiary/aromatic N) is 1. The number of rotatable bonds is 3. The van der Waals surface area contributed by atoms with Crippen LogP contribution in [0.3, 0.4) is 0 Å². The van der Waals surface area contributed by atoms with Crippen LogP contribution in [0.5, 0.6) is 11.5 Å². The number of benzene rings is 1. The van der Waals surface area contributed by atoms with Gasteiger partial charge in [0.25, 0.3) is 0 Å². The molecule has 0 saturated heterocycles. The van der Waals surface area contributed by atoms with Crippen molar-refractivity contribution in [3.05, 3.63) is 23.8 Å². The lowest BCUT2D eigenvalue weighted by molar-refractivity contribution is 0.209. The molecule has 1 aromatic carbocycles. The lowest BCUT2D eigenvalue weighted by atomic mass is 10.1. The molecule has 3 nitrogen and oxygen atoms in total. The Morgan fingerprint density at radius 3 is 1.87 bits per heavy atom. The number of hydrogen-bond acceptors (Lipinski definition) is 3. The van der Waals surface area contributed by atoms with Crippen molar-refractivity contribution in [2.75, 3.05) is 7.05 Å². The molecule has 1 rings (SSSR count). The molecule has 1 aromatic rings. The minimum Gasteiger partial charge on any atom is -0.508 e. The molecule has 0 amide bonds. The predicted molar refractivity (Wildman–Crippen MR) is 61.1 cm³/mol. The highest BCUT2D eigenvalue weighted by atomic mass is 16.3. The fourth-order valence-electron chi connectivity index (χ4n) is 1.54. The average molecular weight is 209 g/mol. The van der Waals surface area contributed by atoms with E-state index in [2.05, 4.69) is 18.7 Å². The van der Waals surface area contributed by atoms with E-state index in [1.54, 1.807) is 12.1 Å². The van der Waals surface area contributed by atoms with Gasteiger partial charge in [-0.25, -0.2) is 0 Å². The first-order valence-electron chi connectivity index (χ1n) is 5.16. The maximum absolute atomic E-state index is 9.38. The summed E-state index contributed by atoms with van der Waals surface area (Å²) < 4.78 is 0. The predicted octanol–water partition coefficient (Wildman–Crippen LogP) is 2.50. The van der Waals surface area contributed by atoms with Gasteiger partial charge in [-0.15, -0.1) is 0 Å². The SMILES string of the molecule is CC(C)N(C)C(C)c1cc(O)cc(O)c1. The molecule has 0 bridgehead atoms. The molecule has 0 aliphatic heterocycles. The molecule has 3 heteroatoms. The molecule has 0 radical (unpaired) electrons. The Morgan fingerprint density at radius 2 is 1.47 bits per heavy atom. The summed E-state index contributed by atoms with van der Waals surface area (Å²) >= 11 is 0. The van der Waals surface area contributed by atoms with E-state index in [-0.39, 0.29) is 17.5 Å². The minimum absolute atomic E-state index is 0.106. The molecule has 0 spiro atoms. The number of hydrogen-bond donors (Lipinski definition) is 2. The minimum atomic E-state index is 0.106. The summed E-state index contributed by atoms with van der Waals surface area (Å²) in [6.45, 7) is 6.27. The standard InChI is InChI=1S/C12H19NO2/c1-8(2)13(4)9(3)10-5-11(14)7-12(15)6-10/h5-9,14-15H,1-4H3. The van der Waals surface area contributed by atoms with Gasteiger partial charge in [-0.2, -0.15) is 0 Å². The maximum atomic E-state index is 9.38. The van der Waals surface area contributed by atoms with Gasteiger partial charge in [0.1, 0.15) is 11.5 Å². The zero-order chi connectivity index (χ0) is 11.6. The first-order chi connectivity index (χ1) is 6.91. The fraction of sp³-hybridized carbons (Fsp3) is 0.500. The molecule has 1 atom stereocenters. The Bertz CT molecular complexity index is 316. The third-order valence-electron chi connectivity index (χ3n) is 2.83. The van der Waals surface area contributed by atoms with Crippen LogP contribution in [0.15, 0.2) is 18.2 Å². The van der Waals surface area contributed by atoms with Crippen molar-refractivity contribution in [1.82, 2.24) is 4.90 Å². The smallest absolute Gasteiger partial charge is 0.119 e.